The quantitative estimate of drug-likeness (QED) is 0.481. The van der Waals surface area contributed by atoms with Gasteiger partial charge in [0, 0.05) is 11.6 Å². The fourth-order valence-electron chi connectivity index (χ4n) is 1.61. The highest BCUT2D eigenvalue weighted by atomic mass is 16.4. The van der Waals surface area contributed by atoms with Crippen molar-refractivity contribution in [1.82, 2.24) is 0 Å². The molecule has 0 spiro atoms. The van der Waals surface area contributed by atoms with Gasteiger partial charge in [0.1, 0.15) is 0 Å². The molecule has 4 nitrogen and oxygen atoms in total. The van der Waals surface area contributed by atoms with Crippen LogP contribution in [-0.2, 0) is 9.59 Å². The summed E-state index contributed by atoms with van der Waals surface area (Å²) in [6.07, 6.45) is 6.25. The Kier molecular flexibility index (Phi) is 8.11. The van der Waals surface area contributed by atoms with Gasteiger partial charge in [-0.2, -0.15) is 0 Å². The number of rotatable bonds is 9. The summed E-state index contributed by atoms with van der Waals surface area (Å²) in [6, 6.07) is 0. The van der Waals surface area contributed by atoms with Crippen molar-refractivity contribution in [3.05, 3.63) is 11.6 Å². The van der Waals surface area contributed by atoms with Crippen molar-refractivity contribution in [3.8, 4) is 0 Å². The van der Waals surface area contributed by atoms with E-state index in [1.807, 2.05) is 0 Å². The molecule has 0 saturated carbocycles. The van der Waals surface area contributed by atoms with E-state index in [-0.39, 0.29) is 5.57 Å². The molecule has 0 unspecified atom stereocenters. The van der Waals surface area contributed by atoms with Crippen molar-refractivity contribution in [2.24, 2.45) is 5.92 Å². The van der Waals surface area contributed by atoms with E-state index in [0.29, 0.717) is 12.3 Å². The second-order valence-electron chi connectivity index (χ2n) is 4.66. The maximum absolute atomic E-state index is 10.7. The molecule has 0 saturated heterocycles. The van der Waals surface area contributed by atoms with Gasteiger partial charge in [-0.3, -0.25) is 0 Å². The first-order valence-electron chi connectivity index (χ1n) is 6.10. The fraction of sp³-hybridized carbons (Fsp3) is 0.692. The standard InChI is InChI=1S/C13H22O4/c1-10(2)7-5-3-4-6-8-11(13(16)17)9-12(14)15/h9-10H,3-8H2,1-2H3,(H,14,15)(H,16,17). The summed E-state index contributed by atoms with van der Waals surface area (Å²) in [5, 5.41) is 17.3. The van der Waals surface area contributed by atoms with Crippen LogP contribution in [0.2, 0.25) is 0 Å². The molecule has 4 heteroatoms. The molecule has 0 rings (SSSR count). The van der Waals surface area contributed by atoms with Crippen LogP contribution in [0.25, 0.3) is 0 Å². The lowest BCUT2D eigenvalue weighted by Gasteiger charge is -2.04. The van der Waals surface area contributed by atoms with Crippen LogP contribution in [-0.4, -0.2) is 22.2 Å². The molecule has 0 amide bonds. The Hall–Kier alpha value is -1.32. The molecular weight excluding hydrogens is 220 g/mol. The van der Waals surface area contributed by atoms with Crippen LogP contribution in [0.15, 0.2) is 11.6 Å². The summed E-state index contributed by atoms with van der Waals surface area (Å²) < 4.78 is 0. The number of hydrogen-bond donors (Lipinski definition) is 2. The number of carboxylic acids is 2. The zero-order valence-electron chi connectivity index (χ0n) is 10.6. The van der Waals surface area contributed by atoms with Crippen LogP contribution in [0.1, 0.15) is 52.4 Å². The first-order valence-corrected chi connectivity index (χ1v) is 6.10. The second-order valence-corrected chi connectivity index (χ2v) is 4.66. The average Bonchev–Trinajstić information content (AvgIpc) is 2.20. The van der Waals surface area contributed by atoms with Crippen molar-refractivity contribution in [2.75, 3.05) is 0 Å². The van der Waals surface area contributed by atoms with E-state index in [0.717, 1.165) is 31.8 Å². The number of carboxylic acid groups (broad SMARTS) is 2. The minimum absolute atomic E-state index is 0.0126. The predicted octanol–water partition coefficient (Wildman–Crippen LogP) is 3.08. The van der Waals surface area contributed by atoms with Crippen LogP contribution in [0.4, 0.5) is 0 Å². The van der Waals surface area contributed by atoms with Crippen LogP contribution in [0.5, 0.6) is 0 Å². The Morgan fingerprint density at radius 1 is 1.06 bits per heavy atom. The van der Waals surface area contributed by atoms with Crippen LogP contribution in [0.3, 0.4) is 0 Å². The maximum atomic E-state index is 10.7. The Morgan fingerprint density at radius 3 is 2.12 bits per heavy atom. The molecule has 0 aromatic rings. The van der Waals surface area contributed by atoms with Gasteiger partial charge < -0.3 is 10.2 Å². The normalized spacial score (nSPS) is 11.8. The Balaban J connectivity index is 3.77. The van der Waals surface area contributed by atoms with Crippen molar-refractivity contribution in [3.63, 3.8) is 0 Å². The highest BCUT2D eigenvalue weighted by Gasteiger charge is 2.08. The van der Waals surface area contributed by atoms with E-state index >= 15 is 0 Å². The molecule has 0 bridgehead atoms. The van der Waals surface area contributed by atoms with Gasteiger partial charge in [0.25, 0.3) is 0 Å². The SMILES string of the molecule is CC(C)CCCCCCC(=CC(=O)O)C(=O)O. The van der Waals surface area contributed by atoms with Gasteiger partial charge in [0.15, 0.2) is 0 Å². The van der Waals surface area contributed by atoms with Gasteiger partial charge in [-0.15, -0.1) is 0 Å². The van der Waals surface area contributed by atoms with Crippen LogP contribution in [0, 0.1) is 5.92 Å². The average molecular weight is 242 g/mol. The molecule has 98 valence electrons. The van der Waals surface area contributed by atoms with E-state index in [1.165, 1.54) is 6.42 Å². The van der Waals surface area contributed by atoms with E-state index in [2.05, 4.69) is 13.8 Å². The lowest BCUT2D eigenvalue weighted by Crippen LogP contribution is -2.04. The first kappa shape index (κ1) is 15.7. The molecule has 0 aliphatic heterocycles. The zero-order valence-corrected chi connectivity index (χ0v) is 10.6. The lowest BCUT2D eigenvalue weighted by molar-refractivity contribution is -0.135. The number of hydrogen-bond acceptors (Lipinski definition) is 2. The predicted molar refractivity (Wildman–Crippen MR) is 65.9 cm³/mol. The lowest BCUT2D eigenvalue weighted by atomic mass is 10.0. The molecule has 0 heterocycles. The molecule has 0 fully saturated rings. The van der Waals surface area contributed by atoms with Gasteiger partial charge in [0.2, 0.25) is 0 Å². The molecule has 0 aromatic heterocycles. The van der Waals surface area contributed by atoms with Crippen LogP contribution < -0.4 is 0 Å². The number of carbonyl (C=O) groups is 2. The number of aliphatic carboxylic acids is 2. The summed E-state index contributed by atoms with van der Waals surface area (Å²) in [4.78, 5) is 21.1. The van der Waals surface area contributed by atoms with E-state index in [4.69, 9.17) is 10.2 Å². The smallest absolute Gasteiger partial charge is 0.331 e. The third-order valence-electron chi connectivity index (χ3n) is 2.55. The minimum atomic E-state index is -1.19. The molecule has 0 atom stereocenters. The minimum Gasteiger partial charge on any atom is -0.478 e. The van der Waals surface area contributed by atoms with Crippen molar-refractivity contribution in [1.29, 1.82) is 0 Å². The molecule has 17 heavy (non-hydrogen) atoms. The van der Waals surface area contributed by atoms with Gasteiger partial charge in [-0.05, 0) is 18.8 Å². The summed E-state index contributed by atoms with van der Waals surface area (Å²) >= 11 is 0. The third-order valence-corrected chi connectivity index (χ3v) is 2.55. The summed E-state index contributed by atoms with van der Waals surface area (Å²) in [6.45, 7) is 4.36. The molecule has 2 N–H and O–H groups in total. The Morgan fingerprint density at radius 2 is 1.65 bits per heavy atom. The molecule has 0 aliphatic rings. The van der Waals surface area contributed by atoms with E-state index < -0.39 is 11.9 Å². The highest BCUT2D eigenvalue weighted by Crippen LogP contribution is 2.13. The van der Waals surface area contributed by atoms with Crippen LogP contribution >= 0.6 is 0 Å². The van der Waals surface area contributed by atoms with E-state index in [1.54, 1.807) is 0 Å². The van der Waals surface area contributed by atoms with Crippen molar-refractivity contribution >= 4 is 11.9 Å². The van der Waals surface area contributed by atoms with Crippen molar-refractivity contribution in [2.45, 2.75) is 52.4 Å². The molecular formula is C13H22O4. The summed E-state index contributed by atoms with van der Waals surface area (Å²) in [5.74, 6) is -1.62. The first-order chi connectivity index (χ1) is 7.93. The summed E-state index contributed by atoms with van der Waals surface area (Å²) in [5.41, 5.74) is -0.0126. The van der Waals surface area contributed by atoms with Crippen molar-refractivity contribution < 1.29 is 19.8 Å². The third kappa shape index (κ3) is 9.60. The molecule has 0 radical (unpaired) electrons. The molecule has 0 aliphatic carbocycles. The van der Waals surface area contributed by atoms with Gasteiger partial charge in [-0.25, -0.2) is 9.59 Å². The zero-order chi connectivity index (χ0) is 13.3. The van der Waals surface area contributed by atoms with Gasteiger partial charge in [0.05, 0.1) is 0 Å². The molecule has 0 aromatic carbocycles. The topological polar surface area (TPSA) is 74.6 Å². The van der Waals surface area contributed by atoms with Gasteiger partial charge in [-0.1, -0.05) is 39.5 Å². The number of unbranched alkanes of at least 4 members (excludes halogenated alkanes) is 3. The largest absolute Gasteiger partial charge is 0.478 e. The summed E-state index contributed by atoms with van der Waals surface area (Å²) in [7, 11) is 0. The fourth-order valence-corrected chi connectivity index (χ4v) is 1.61. The van der Waals surface area contributed by atoms with Gasteiger partial charge >= 0.3 is 11.9 Å². The second kappa shape index (κ2) is 8.79. The highest BCUT2D eigenvalue weighted by molar-refractivity contribution is 5.94. The van der Waals surface area contributed by atoms with E-state index in [9.17, 15) is 9.59 Å². The monoisotopic (exact) mass is 242 g/mol. The Bertz CT molecular complexity index is 279. The maximum Gasteiger partial charge on any atom is 0.331 e. The Labute approximate surface area is 102 Å².